The number of rotatable bonds is 10. The number of carbonyl (C=O) groups is 1. The van der Waals surface area contributed by atoms with Crippen molar-refractivity contribution in [3.63, 3.8) is 0 Å². The van der Waals surface area contributed by atoms with Gasteiger partial charge in [-0.25, -0.2) is 0 Å². The van der Waals surface area contributed by atoms with Crippen molar-refractivity contribution in [2.24, 2.45) is 0 Å². The predicted molar refractivity (Wildman–Crippen MR) is 70.7 cm³/mol. The summed E-state index contributed by atoms with van der Waals surface area (Å²) in [6.45, 7) is 3.33. The number of furan rings is 1. The Kier molecular flexibility index (Phi) is 7.88. The van der Waals surface area contributed by atoms with E-state index >= 15 is 0 Å². The Labute approximate surface area is 113 Å². The summed E-state index contributed by atoms with van der Waals surface area (Å²) in [5, 5.41) is 2.81. The highest BCUT2D eigenvalue weighted by molar-refractivity contribution is 5.77. The summed E-state index contributed by atoms with van der Waals surface area (Å²) in [7, 11) is 3.29. The van der Waals surface area contributed by atoms with Crippen LogP contribution in [0.4, 0.5) is 0 Å². The molecule has 0 aromatic carbocycles. The fourth-order valence-corrected chi connectivity index (χ4v) is 1.57. The molecule has 0 unspecified atom stereocenters. The zero-order chi connectivity index (χ0) is 13.9. The van der Waals surface area contributed by atoms with Gasteiger partial charge in [0.2, 0.25) is 5.91 Å². The molecule has 1 heterocycles. The SMILES string of the molecule is COCCN(CCOC)CC(=O)NCc1ccco1. The maximum Gasteiger partial charge on any atom is 0.234 e. The molecule has 0 atom stereocenters. The highest BCUT2D eigenvalue weighted by atomic mass is 16.5. The lowest BCUT2D eigenvalue weighted by Gasteiger charge is -2.20. The largest absolute Gasteiger partial charge is 0.467 e. The maximum atomic E-state index is 11.8. The Bertz CT molecular complexity index is 332. The van der Waals surface area contributed by atoms with E-state index in [0.717, 1.165) is 5.76 Å². The van der Waals surface area contributed by atoms with Crippen LogP contribution in [0.25, 0.3) is 0 Å². The van der Waals surface area contributed by atoms with E-state index in [2.05, 4.69) is 5.32 Å². The molecule has 0 radical (unpaired) electrons. The molecule has 0 saturated heterocycles. The number of nitrogens with zero attached hydrogens (tertiary/aromatic N) is 1. The van der Waals surface area contributed by atoms with Gasteiger partial charge in [-0.2, -0.15) is 0 Å². The summed E-state index contributed by atoms with van der Waals surface area (Å²) in [6.07, 6.45) is 1.59. The van der Waals surface area contributed by atoms with Crippen LogP contribution in [0.15, 0.2) is 22.8 Å². The smallest absolute Gasteiger partial charge is 0.234 e. The molecule has 0 bridgehead atoms. The van der Waals surface area contributed by atoms with E-state index in [1.165, 1.54) is 0 Å². The van der Waals surface area contributed by atoms with Crippen molar-refractivity contribution >= 4 is 5.91 Å². The van der Waals surface area contributed by atoms with Gasteiger partial charge >= 0.3 is 0 Å². The molecule has 0 spiro atoms. The van der Waals surface area contributed by atoms with Crippen LogP contribution >= 0.6 is 0 Å². The molecule has 6 nitrogen and oxygen atoms in total. The molecule has 0 saturated carbocycles. The first-order valence-electron chi connectivity index (χ1n) is 6.25. The van der Waals surface area contributed by atoms with E-state index in [-0.39, 0.29) is 5.91 Å². The predicted octanol–water partition coefficient (Wildman–Crippen LogP) is 0.491. The number of hydrogen-bond acceptors (Lipinski definition) is 5. The van der Waals surface area contributed by atoms with E-state index in [1.807, 2.05) is 11.0 Å². The summed E-state index contributed by atoms with van der Waals surface area (Å²) >= 11 is 0. The van der Waals surface area contributed by atoms with Crippen molar-refractivity contribution in [1.82, 2.24) is 10.2 Å². The monoisotopic (exact) mass is 270 g/mol. The average Bonchev–Trinajstić information content (AvgIpc) is 2.92. The minimum Gasteiger partial charge on any atom is -0.467 e. The summed E-state index contributed by atoms with van der Waals surface area (Å²) in [6, 6.07) is 3.62. The normalized spacial score (nSPS) is 10.9. The van der Waals surface area contributed by atoms with Crippen molar-refractivity contribution in [2.75, 3.05) is 47.1 Å². The zero-order valence-electron chi connectivity index (χ0n) is 11.6. The molecular formula is C13H22N2O4. The zero-order valence-corrected chi connectivity index (χ0v) is 11.6. The number of hydrogen-bond donors (Lipinski definition) is 1. The Morgan fingerprint density at radius 1 is 1.32 bits per heavy atom. The number of carbonyl (C=O) groups excluding carboxylic acids is 1. The molecule has 19 heavy (non-hydrogen) atoms. The Morgan fingerprint density at radius 2 is 2.00 bits per heavy atom. The Hall–Kier alpha value is -1.37. The first-order chi connectivity index (χ1) is 9.26. The number of ether oxygens (including phenoxy) is 2. The second-order valence-corrected chi connectivity index (χ2v) is 4.12. The van der Waals surface area contributed by atoms with Gasteiger partial charge in [-0.05, 0) is 12.1 Å². The van der Waals surface area contributed by atoms with Crippen molar-refractivity contribution in [1.29, 1.82) is 0 Å². The molecule has 6 heteroatoms. The second-order valence-electron chi connectivity index (χ2n) is 4.12. The van der Waals surface area contributed by atoms with Crippen molar-refractivity contribution < 1.29 is 18.7 Å². The molecule has 0 fully saturated rings. The molecule has 1 aromatic heterocycles. The van der Waals surface area contributed by atoms with Gasteiger partial charge < -0.3 is 19.2 Å². The van der Waals surface area contributed by atoms with Crippen LogP contribution in [0.2, 0.25) is 0 Å². The molecular weight excluding hydrogens is 248 g/mol. The van der Waals surface area contributed by atoms with Gasteiger partial charge in [-0.15, -0.1) is 0 Å². The lowest BCUT2D eigenvalue weighted by atomic mass is 10.4. The van der Waals surface area contributed by atoms with Gasteiger partial charge in [-0.3, -0.25) is 9.69 Å². The van der Waals surface area contributed by atoms with Crippen LogP contribution in [0.1, 0.15) is 5.76 Å². The number of methoxy groups -OCH3 is 2. The quantitative estimate of drug-likeness (QED) is 0.670. The van der Waals surface area contributed by atoms with Crippen molar-refractivity contribution in [3.05, 3.63) is 24.2 Å². The highest BCUT2D eigenvalue weighted by Gasteiger charge is 2.10. The number of amides is 1. The lowest BCUT2D eigenvalue weighted by molar-refractivity contribution is -0.122. The van der Waals surface area contributed by atoms with Crippen LogP contribution in [-0.4, -0.2) is 57.9 Å². The second kappa shape index (κ2) is 9.55. The first-order valence-corrected chi connectivity index (χ1v) is 6.25. The summed E-state index contributed by atoms with van der Waals surface area (Å²) in [5.41, 5.74) is 0. The summed E-state index contributed by atoms with van der Waals surface area (Å²) in [4.78, 5) is 13.8. The lowest BCUT2D eigenvalue weighted by Crippen LogP contribution is -2.40. The third-order valence-electron chi connectivity index (χ3n) is 2.63. The van der Waals surface area contributed by atoms with Gasteiger partial charge in [-0.1, -0.05) is 0 Å². The van der Waals surface area contributed by atoms with Crippen LogP contribution in [0.5, 0.6) is 0 Å². The van der Waals surface area contributed by atoms with Crippen molar-refractivity contribution in [2.45, 2.75) is 6.54 Å². The Morgan fingerprint density at radius 3 is 2.53 bits per heavy atom. The van der Waals surface area contributed by atoms with Gasteiger partial charge in [0.25, 0.3) is 0 Å². The van der Waals surface area contributed by atoms with E-state index in [1.54, 1.807) is 26.5 Å². The summed E-state index contributed by atoms with van der Waals surface area (Å²) in [5.74, 6) is 0.706. The van der Waals surface area contributed by atoms with Crippen LogP contribution < -0.4 is 5.32 Å². The fourth-order valence-electron chi connectivity index (χ4n) is 1.57. The maximum absolute atomic E-state index is 11.8. The van der Waals surface area contributed by atoms with Gasteiger partial charge in [0, 0.05) is 27.3 Å². The third kappa shape index (κ3) is 6.95. The number of nitrogens with one attached hydrogen (secondary N) is 1. The van der Waals surface area contributed by atoms with Crippen LogP contribution in [0, 0.1) is 0 Å². The molecule has 1 aromatic rings. The molecule has 1 rings (SSSR count). The third-order valence-corrected chi connectivity index (χ3v) is 2.63. The molecule has 1 N–H and O–H groups in total. The minimum atomic E-state index is -0.0383. The van der Waals surface area contributed by atoms with E-state index in [0.29, 0.717) is 39.4 Å². The van der Waals surface area contributed by atoms with Crippen LogP contribution in [0.3, 0.4) is 0 Å². The molecule has 0 aliphatic heterocycles. The molecule has 1 amide bonds. The van der Waals surface area contributed by atoms with Gasteiger partial charge in [0.15, 0.2) is 0 Å². The average molecular weight is 270 g/mol. The highest BCUT2D eigenvalue weighted by Crippen LogP contribution is 1.98. The topological polar surface area (TPSA) is 63.9 Å². The minimum absolute atomic E-state index is 0.0383. The van der Waals surface area contributed by atoms with E-state index in [9.17, 15) is 4.79 Å². The van der Waals surface area contributed by atoms with E-state index < -0.39 is 0 Å². The summed E-state index contributed by atoms with van der Waals surface area (Å²) < 4.78 is 15.2. The van der Waals surface area contributed by atoms with E-state index in [4.69, 9.17) is 13.9 Å². The van der Waals surface area contributed by atoms with Gasteiger partial charge in [0.1, 0.15) is 5.76 Å². The molecule has 0 aliphatic rings. The Balaban J connectivity index is 2.28. The fraction of sp³-hybridized carbons (Fsp3) is 0.615. The standard InChI is InChI=1S/C13H22N2O4/c1-17-8-5-15(6-9-18-2)11-13(16)14-10-12-4-3-7-19-12/h3-4,7H,5-6,8-11H2,1-2H3,(H,14,16). The first kappa shape index (κ1) is 15.7. The molecule has 108 valence electrons. The van der Waals surface area contributed by atoms with Crippen molar-refractivity contribution in [3.8, 4) is 0 Å². The molecule has 0 aliphatic carbocycles. The van der Waals surface area contributed by atoms with Gasteiger partial charge in [0.05, 0.1) is 32.6 Å². The van der Waals surface area contributed by atoms with Crippen LogP contribution in [-0.2, 0) is 20.8 Å².